The van der Waals surface area contributed by atoms with Gasteiger partial charge in [0.1, 0.15) is 17.6 Å². The first kappa shape index (κ1) is 12.7. The van der Waals surface area contributed by atoms with Crippen molar-refractivity contribution in [2.24, 2.45) is 5.73 Å². The summed E-state index contributed by atoms with van der Waals surface area (Å²) in [6.45, 7) is 1.90. The molecule has 0 heterocycles. The normalized spacial score (nSPS) is 9.68. The Morgan fingerprint density at radius 3 is 2.63 bits per heavy atom. The highest BCUT2D eigenvalue weighted by Gasteiger charge is 2.11. The highest BCUT2D eigenvalue weighted by atomic mass is 16.5. The highest BCUT2D eigenvalue weighted by Crippen LogP contribution is 2.28. The Balaban J connectivity index is 2.45. The number of nitrogens with two attached hydrogens (primary N) is 1. The minimum atomic E-state index is -0.568. The molecule has 19 heavy (non-hydrogen) atoms. The standard InChI is InChI=1S/C15H12N2O2/c1-10-6-7-11(9-16)14(8-10)19-13-5-3-2-4-12(13)15(17)18/h2-8H,1H3,(H2,17,18). The lowest BCUT2D eigenvalue weighted by Crippen LogP contribution is -2.12. The predicted molar refractivity (Wildman–Crippen MR) is 70.9 cm³/mol. The summed E-state index contributed by atoms with van der Waals surface area (Å²) >= 11 is 0. The van der Waals surface area contributed by atoms with Crippen LogP contribution < -0.4 is 10.5 Å². The third kappa shape index (κ3) is 2.72. The molecule has 4 nitrogen and oxygen atoms in total. The molecule has 4 heteroatoms. The van der Waals surface area contributed by atoms with Crippen molar-refractivity contribution in [1.29, 1.82) is 5.26 Å². The number of aryl methyl sites for hydroxylation is 1. The van der Waals surface area contributed by atoms with E-state index in [9.17, 15) is 4.79 Å². The van der Waals surface area contributed by atoms with Gasteiger partial charge >= 0.3 is 0 Å². The summed E-state index contributed by atoms with van der Waals surface area (Å²) in [7, 11) is 0. The molecule has 0 aromatic heterocycles. The lowest BCUT2D eigenvalue weighted by atomic mass is 10.1. The maximum absolute atomic E-state index is 11.3. The first-order valence-electron chi connectivity index (χ1n) is 5.69. The molecule has 0 radical (unpaired) electrons. The Morgan fingerprint density at radius 2 is 1.95 bits per heavy atom. The van der Waals surface area contributed by atoms with Gasteiger partial charge in [-0.3, -0.25) is 4.79 Å². The zero-order valence-corrected chi connectivity index (χ0v) is 10.4. The van der Waals surface area contributed by atoms with E-state index in [4.69, 9.17) is 15.7 Å². The smallest absolute Gasteiger partial charge is 0.252 e. The quantitative estimate of drug-likeness (QED) is 0.912. The minimum absolute atomic E-state index is 0.285. The molecule has 0 bridgehead atoms. The number of carbonyl (C=O) groups excluding carboxylic acids is 1. The van der Waals surface area contributed by atoms with Crippen LogP contribution in [-0.2, 0) is 0 Å². The molecule has 2 N–H and O–H groups in total. The Bertz CT molecular complexity index is 672. The molecule has 0 saturated carbocycles. The summed E-state index contributed by atoms with van der Waals surface area (Å²) in [5, 5.41) is 9.04. The number of para-hydroxylation sites is 1. The summed E-state index contributed by atoms with van der Waals surface area (Å²) in [6, 6.07) is 14.0. The first-order chi connectivity index (χ1) is 9.11. The van der Waals surface area contributed by atoms with E-state index >= 15 is 0 Å². The van der Waals surface area contributed by atoms with Crippen LogP contribution in [0.5, 0.6) is 11.5 Å². The molecule has 2 rings (SSSR count). The predicted octanol–water partition coefficient (Wildman–Crippen LogP) is 2.76. The van der Waals surface area contributed by atoms with Gasteiger partial charge in [-0.15, -0.1) is 0 Å². The lowest BCUT2D eigenvalue weighted by molar-refractivity contribution is 0.0998. The molecule has 2 aromatic rings. The molecule has 0 aliphatic rings. The molecule has 94 valence electrons. The van der Waals surface area contributed by atoms with Gasteiger partial charge in [0.2, 0.25) is 0 Å². The number of nitrogens with zero attached hydrogens (tertiary/aromatic N) is 1. The number of hydrogen-bond acceptors (Lipinski definition) is 3. The Labute approximate surface area is 111 Å². The average molecular weight is 252 g/mol. The fourth-order valence-corrected chi connectivity index (χ4v) is 1.68. The highest BCUT2D eigenvalue weighted by molar-refractivity contribution is 5.95. The largest absolute Gasteiger partial charge is 0.455 e. The fraction of sp³-hybridized carbons (Fsp3) is 0.0667. The van der Waals surface area contributed by atoms with E-state index < -0.39 is 5.91 Å². The van der Waals surface area contributed by atoms with Crippen molar-refractivity contribution >= 4 is 5.91 Å². The monoisotopic (exact) mass is 252 g/mol. The summed E-state index contributed by atoms with van der Waals surface area (Å²) in [5.41, 5.74) is 6.94. The topological polar surface area (TPSA) is 76.1 Å². The zero-order valence-electron chi connectivity index (χ0n) is 10.4. The van der Waals surface area contributed by atoms with Crippen molar-refractivity contribution in [2.45, 2.75) is 6.92 Å². The van der Waals surface area contributed by atoms with Crippen LogP contribution >= 0.6 is 0 Å². The molecular formula is C15H12N2O2. The van der Waals surface area contributed by atoms with Crippen LogP contribution in [0.4, 0.5) is 0 Å². The lowest BCUT2D eigenvalue weighted by Gasteiger charge is -2.10. The van der Waals surface area contributed by atoms with Gasteiger partial charge in [0.15, 0.2) is 0 Å². The summed E-state index contributed by atoms with van der Waals surface area (Å²) < 4.78 is 5.65. The van der Waals surface area contributed by atoms with Gasteiger partial charge < -0.3 is 10.5 Å². The van der Waals surface area contributed by atoms with Crippen LogP contribution in [0.1, 0.15) is 21.5 Å². The van der Waals surface area contributed by atoms with Gasteiger partial charge in [-0.2, -0.15) is 5.26 Å². The van der Waals surface area contributed by atoms with Crippen molar-refractivity contribution in [3.8, 4) is 17.6 Å². The zero-order chi connectivity index (χ0) is 13.8. The Morgan fingerprint density at radius 1 is 1.21 bits per heavy atom. The summed E-state index contributed by atoms with van der Waals surface area (Å²) in [5.74, 6) is 0.190. The molecular weight excluding hydrogens is 240 g/mol. The molecule has 0 atom stereocenters. The summed E-state index contributed by atoms with van der Waals surface area (Å²) in [4.78, 5) is 11.3. The fourth-order valence-electron chi connectivity index (χ4n) is 1.68. The minimum Gasteiger partial charge on any atom is -0.455 e. The van der Waals surface area contributed by atoms with Gasteiger partial charge in [-0.1, -0.05) is 18.2 Å². The van der Waals surface area contributed by atoms with Gasteiger partial charge in [0.05, 0.1) is 11.1 Å². The number of benzene rings is 2. The SMILES string of the molecule is Cc1ccc(C#N)c(Oc2ccccc2C(N)=O)c1. The van der Waals surface area contributed by atoms with Crippen LogP contribution in [0.15, 0.2) is 42.5 Å². The van der Waals surface area contributed by atoms with E-state index in [1.54, 1.807) is 36.4 Å². The van der Waals surface area contributed by atoms with Crippen LogP contribution in [0.3, 0.4) is 0 Å². The molecule has 0 spiro atoms. The van der Waals surface area contributed by atoms with Gasteiger partial charge in [-0.25, -0.2) is 0 Å². The van der Waals surface area contributed by atoms with Crippen molar-refractivity contribution in [1.82, 2.24) is 0 Å². The number of hydrogen-bond donors (Lipinski definition) is 1. The van der Waals surface area contributed by atoms with Crippen LogP contribution in [-0.4, -0.2) is 5.91 Å². The number of rotatable bonds is 3. The maximum Gasteiger partial charge on any atom is 0.252 e. The van der Waals surface area contributed by atoms with Crippen LogP contribution in [0.25, 0.3) is 0 Å². The van der Waals surface area contributed by atoms with E-state index in [1.165, 1.54) is 0 Å². The number of nitriles is 1. The average Bonchev–Trinajstić information content (AvgIpc) is 2.39. The van der Waals surface area contributed by atoms with Gasteiger partial charge in [0, 0.05) is 0 Å². The van der Waals surface area contributed by atoms with Crippen molar-refractivity contribution in [3.05, 3.63) is 59.2 Å². The van der Waals surface area contributed by atoms with E-state index in [0.717, 1.165) is 5.56 Å². The molecule has 0 aliphatic heterocycles. The van der Waals surface area contributed by atoms with Crippen molar-refractivity contribution < 1.29 is 9.53 Å². The van der Waals surface area contributed by atoms with E-state index in [2.05, 4.69) is 6.07 Å². The van der Waals surface area contributed by atoms with E-state index in [0.29, 0.717) is 17.1 Å². The number of ether oxygens (including phenoxy) is 1. The molecule has 0 saturated heterocycles. The number of amides is 1. The van der Waals surface area contributed by atoms with Crippen LogP contribution in [0.2, 0.25) is 0 Å². The second kappa shape index (κ2) is 5.23. The Hall–Kier alpha value is -2.80. The number of primary amides is 1. The van der Waals surface area contributed by atoms with Gasteiger partial charge in [-0.05, 0) is 36.8 Å². The maximum atomic E-state index is 11.3. The molecule has 0 fully saturated rings. The third-order valence-electron chi connectivity index (χ3n) is 2.63. The second-order valence-electron chi connectivity index (χ2n) is 4.07. The Kier molecular flexibility index (Phi) is 3.48. The summed E-state index contributed by atoms with van der Waals surface area (Å²) in [6.07, 6.45) is 0. The second-order valence-corrected chi connectivity index (χ2v) is 4.07. The van der Waals surface area contributed by atoms with Gasteiger partial charge in [0.25, 0.3) is 5.91 Å². The third-order valence-corrected chi connectivity index (χ3v) is 2.63. The molecule has 1 amide bonds. The number of carbonyl (C=O) groups is 1. The van der Waals surface area contributed by atoms with Crippen LogP contribution in [0, 0.1) is 18.3 Å². The van der Waals surface area contributed by atoms with Crippen molar-refractivity contribution in [3.63, 3.8) is 0 Å². The molecule has 0 unspecified atom stereocenters. The van der Waals surface area contributed by atoms with Crippen molar-refractivity contribution in [2.75, 3.05) is 0 Å². The van der Waals surface area contributed by atoms with E-state index in [1.807, 2.05) is 13.0 Å². The molecule has 0 aliphatic carbocycles. The van der Waals surface area contributed by atoms with E-state index in [-0.39, 0.29) is 5.56 Å². The first-order valence-corrected chi connectivity index (χ1v) is 5.69. The molecule has 2 aromatic carbocycles.